The van der Waals surface area contributed by atoms with Gasteiger partial charge in [0, 0.05) is 6.07 Å². The van der Waals surface area contributed by atoms with Gasteiger partial charge >= 0.3 is 5.97 Å². The Labute approximate surface area is 183 Å². The average molecular weight is 432 g/mol. The first kappa shape index (κ1) is 21.0. The minimum absolute atomic E-state index is 0.0584. The molecule has 32 heavy (non-hydrogen) atoms. The predicted octanol–water partition coefficient (Wildman–Crippen LogP) is 5.13. The molecule has 0 unspecified atom stereocenters. The molecule has 0 radical (unpaired) electrons. The highest BCUT2D eigenvalue weighted by Gasteiger charge is 2.17. The Bertz CT molecular complexity index is 1350. The molecule has 0 spiro atoms. The van der Waals surface area contributed by atoms with Crippen LogP contribution in [0.3, 0.4) is 0 Å². The summed E-state index contributed by atoms with van der Waals surface area (Å²) < 4.78 is 27.5. The van der Waals surface area contributed by atoms with Crippen molar-refractivity contribution in [2.75, 3.05) is 14.2 Å². The van der Waals surface area contributed by atoms with E-state index < -0.39 is 5.97 Å². The molecule has 3 aromatic carbocycles. The van der Waals surface area contributed by atoms with Crippen molar-refractivity contribution in [2.24, 2.45) is 0 Å². The Morgan fingerprint density at radius 3 is 2.38 bits per heavy atom. The number of fused-ring (bicyclic) bond motifs is 1. The summed E-state index contributed by atoms with van der Waals surface area (Å²) in [5.74, 6) is 1.46. The number of benzene rings is 3. The maximum atomic E-state index is 13.0. The number of carbonyl (C=O) groups excluding carboxylic acids is 1. The van der Waals surface area contributed by atoms with Gasteiger partial charge in [0.2, 0.25) is 11.2 Å². The molecule has 0 saturated carbocycles. The van der Waals surface area contributed by atoms with Crippen LogP contribution in [0, 0.1) is 6.92 Å². The van der Waals surface area contributed by atoms with Crippen molar-refractivity contribution in [3.05, 3.63) is 88.3 Å². The Hall–Kier alpha value is -4.26. The zero-order chi connectivity index (χ0) is 22.7. The van der Waals surface area contributed by atoms with Crippen LogP contribution in [0.5, 0.6) is 28.7 Å². The second-order valence-electron chi connectivity index (χ2n) is 6.85. The van der Waals surface area contributed by atoms with Crippen LogP contribution >= 0.6 is 0 Å². The van der Waals surface area contributed by atoms with Crippen LogP contribution in [0.4, 0.5) is 0 Å². The molecule has 162 valence electrons. The SMILES string of the molecule is COc1cccc(C(=O)Oc2ccc3c(=O)c(Oc4ccccc4OC)c(C)oc3c2)c1. The first-order valence-electron chi connectivity index (χ1n) is 9.74. The van der Waals surface area contributed by atoms with E-state index in [1.807, 2.05) is 0 Å². The van der Waals surface area contributed by atoms with Gasteiger partial charge in [0.05, 0.1) is 25.2 Å². The van der Waals surface area contributed by atoms with Crippen LogP contribution in [0.2, 0.25) is 0 Å². The summed E-state index contributed by atoms with van der Waals surface area (Å²) in [6.45, 7) is 1.63. The second-order valence-corrected chi connectivity index (χ2v) is 6.85. The van der Waals surface area contributed by atoms with E-state index in [9.17, 15) is 9.59 Å². The lowest BCUT2D eigenvalue weighted by Crippen LogP contribution is -2.10. The quantitative estimate of drug-likeness (QED) is 0.308. The fourth-order valence-electron chi connectivity index (χ4n) is 3.18. The first-order chi connectivity index (χ1) is 15.5. The fourth-order valence-corrected chi connectivity index (χ4v) is 3.18. The number of carbonyl (C=O) groups is 1. The standard InChI is InChI=1S/C25H20O7/c1-15-24(32-21-10-5-4-9-20(21)29-3)23(26)19-12-11-18(14-22(19)30-15)31-25(27)16-7-6-8-17(13-16)28-2/h4-14H,1-3H3. The summed E-state index contributed by atoms with van der Waals surface area (Å²) >= 11 is 0. The van der Waals surface area contributed by atoms with Gasteiger partial charge in [-0.25, -0.2) is 4.79 Å². The number of ether oxygens (including phenoxy) is 4. The zero-order valence-corrected chi connectivity index (χ0v) is 17.7. The van der Waals surface area contributed by atoms with Gasteiger partial charge < -0.3 is 23.4 Å². The van der Waals surface area contributed by atoms with Gasteiger partial charge in [-0.3, -0.25) is 4.79 Å². The average Bonchev–Trinajstić information content (AvgIpc) is 2.81. The topological polar surface area (TPSA) is 84.2 Å². The highest BCUT2D eigenvalue weighted by Crippen LogP contribution is 2.32. The number of esters is 1. The summed E-state index contributed by atoms with van der Waals surface area (Å²) in [4.78, 5) is 25.5. The molecular weight excluding hydrogens is 412 g/mol. The molecule has 0 atom stereocenters. The van der Waals surface area contributed by atoms with Gasteiger partial charge in [-0.2, -0.15) is 0 Å². The maximum absolute atomic E-state index is 13.0. The lowest BCUT2D eigenvalue weighted by Gasteiger charge is -2.12. The van der Waals surface area contributed by atoms with Gasteiger partial charge in [0.15, 0.2) is 11.5 Å². The van der Waals surface area contributed by atoms with Crippen molar-refractivity contribution in [1.29, 1.82) is 0 Å². The van der Waals surface area contributed by atoms with Gasteiger partial charge in [-0.05, 0) is 49.4 Å². The van der Waals surface area contributed by atoms with Crippen LogP contribution in [-0.4, -0.2) is 20.2 Å². The Kier molecular flexibility index (Phi) is 5.81. The third-order valence-corrected chi connectivity index (χ3v) is 4.78. The van der Waals surface area contributed by atoms with E-state index in [1.165, 1.54) is 32.4 Å². The van der Waals surface area contributed by atoms with E-state index in [0.29, 0.717) is 28.2 Å². The van der Waals surface area contributed by atoms with E-state index in [2.05, 4.69) is 0 Å². The number of methoxy groups -OCH3 is 2. The molecule has 7 heteroatoms. The van der Waals surface area contributed by atoms with Crippen LogP contribution in [0.1, 0.15) is 16.1 Å². The van der Waals surface area contributed by atoms with E-state index in [0.717, 1.165) is 0 Å². The van der Waals surface area contributed by atoms with Crippen LogP contribution in [-0.2, 0) is 0 Å². The Morgan fingerprint density at radius 2 is 1.62 bits per heavy atom. The molecule has 7 nitrogen and oxygen atoms in total. The summed E-state index contributed by atoms with van der Waals surface area (Å²) in [6.07, 6.45) is 0. The number of aryl methyl sites for hydroxylation is 1. The molecule has 0 saturated heterocycles. The van der Waals surface area contributed by atoms with E-state index >= 15 is 0 Å². The van der Waals surface area contributed by atoms with Crippen LogP contribution in [0.25, 0.3) is 11.0 Å². The Morgan fingerprint density at radius 1 is 0.844 bits per heavy atom. The second kappa shape index (κ2) is 8.85. The van der Waals surface area contributed by atoms with Crippen molar-refractivity contribution in [2.45, 2.75) is 6.92 Å². The number of para-hydroxylation sites is 2. The number of hydrogen-bond acceptors (Lipinski definition) is 7. The molecule has 4 aromatic rings. The minimum atomic E-state index is -0.557. The summed E-state index contributed by atoms with van der Waals surface area (Å²) in [5.41, 5.74) is 0.263. The van der Waals surface area contributed by atoms with Crippen molar-refractivity contribution in [3.8, 4) is 28.7 Å². The van der Waals surface area contributed by atoms with Gasteiger partial charge in [0.1, 0.15) is 22.8 Å². The Balaban J connectivity index is 1.65. The fraction of sp³-hybridized carbons (Fsp3) is 0.120. The molecular formula is C25H20O7. The van der Waals surface area contributed by atoms with Gasteiger partial charge in [-0.15, -0.1) is 0 Å². The normalized spacial score (nSPS) is 10.6. The lowest BCUT2D eigenvalue weighted by molar-refractivity contribution is 0.0734. The highest BCUT2D eigenvalue weighted by molar-refractivity contribution is 5.92. The molecule has 0 N–H and O–H groups in total. The van der Waals surface area contributed by atoms with Crippen molar-refractivity contribution in [1.82, 2.24) is 0 Å². The minimum Gasteiger partial charge on any atom is -0.497 e. The summed E-state index contributed by atoms with van der Waals surface area (Å²) in [7, 11) is 3.04. The molecule has 0 aliphatic carbocycles. The molecule has 0 fully saturated rings. The molecule has 0 bridgehead atoms. The van der Waals surface area contributed by atoms with E-state index in [1.54, 1.807) is 55.5 Å². The number of hydrogen-bond donors (Lipinski definition) is 0. The third-order valence-electron chi connectivity index (χ3n) is 4.78. The third kappa shape index (κ3) is 4.13. The smallest absolute Gasteiger partial charge is 0.343 e. The maximum Gasteiger partial charge on any atom is 0.343 e. The molecule has 1 aromatic heterocycles. The largest absolute Gasteiger partial charge is 0.497 e. The van der Waals surface area contributed by atoms with Crippen molar-refractivity contribution < 1.29 is 28.2 Å². The monoisotopic (exact) mass is 432 g/mol. The molecule has 4 rings (SSSR count). The van der Waals surface area contributed by atoms with Crippen molar-refractivity contribution >= 4 is 16.9 Å². The van der Waals surface area contributed by atoms with Crippen LogP contribution < -0.4 is 24.4 Å². The molecule has 0 aliphatic rings. The highest BCUT2D eigenvalue weighted by atomic mass is 16.5. The summed E-state index contributed by atoms with van der Waals surface area (Å²) in [6, 6.07) is 18.2. The molecule has 0 amide bonds. The van der Waals surface area contributed by atoms with E-state index in [4.69, 9.17) is 23.4 Å². The lowest BCUT2D eigenvalue weighted by atomic mass is 10.2. The summed E-state index contributed by atoms with van der Waals surface area (Å²) in [5, 5.41) is 0.293. The van der Waals surface area contributed by atoms with Crippen LogP contribution in [0.15, 0.2) is 75.9 Å². The van der Waals surface area contributed by atoms with Gasteiger partial charge in [0.25, 0.3) is 0 Å². The van der Waals surface area contributed by atoms with E-state index in [-0.39, 0.29) is 28.3 Å². The first-order valence-corrected chi connectivity index (χ1v) is 9.74. The predicted molar refractivity (Wildman–Crippen MR) is 118 cm³/mol. The number of rotatable bonds is 6. The molecule has 0 aliphatic heterocycles. The van der Waals surface area contributed by atoms with Gasteiger partial charge in [-0.1, -0.05) is 18.2 Å². The van der Waals surface area contributed by atoms with Crippen molar-refractivity contribution in [3.63, 3.8) is 0 Å². The molecule has 1 heterocycles. The zero-order valence-electron chi connectivity index (χ0n) is 17.7.